The van der Waals surface area contributed by atoms with Crippen LogP contribution in [0.2, 0.25) is 10.0 Å². The molecule has 2 aliphatic carbocycles. The maximum absolute atomic E-state index is 13.2. The molecule has 29 heavy (non-hydrogen) atoms. The van der Waals surface area contributed by atoms with Gasteiger partial charge in [0.05, 0.1) is 16.0 Å². The SMILES string of the molecule is CC1(C)CC(=O)[C@H]2C(=NC3=C(C(=O)CC(C)(C)C3)[C@@H]2c2cc(Cl)c(O)c(Cl)c2)C1. The van der Waals surface area contributed by atoms with E-state index < -0.39 is 11.8 Å². The predicted molar refractivity (Wildman–Crippen MR) is 115 cm³/mol. The molecule has 1 aromatic rings. The molecule has 0 unspecified atom stereocenters. The number of allylic oxidation sites excluding steroid dienone is 2. The van der Waals surface area contributed by atoms with E-state index in [0.717, 1.165) is 11.4 Å². The summed E-state index contributed by atoms with van der Waals surface area (Å²) in [5.74, 6) is -1.01. The van der Waals surface area contributed by atoms with E-state index in [2.05, 4.69) is 27.7 Å². The molecule has 1 saturated carbocycles. The Kier molecular flexibility index (Phi) is 4.75. The molecule has 1 heterocycles. The number of benzene rings is 1. The molecular weight excluding hydrogens is 409 g/mol. The van der Waals surface area contributed by atoms with Crippen molar-refractivity contribution in [2.45, 2.75) is 59.3 Å². The number of fused-ring (bicyclic) bond motifs is 1. The molecule has 1 N–H and O–H groups in total. The van der Waals surface area contributed by atoms with Gasteiger partial charge >= 0.3 is 0 Å². The van der Waals surface area contributed by atoms with Crippen molar-refractivity contribution in [1.29, 1.82) is 0 Å². The average Bonchev–Trinajstić information content (AvgIpc) is 2.55. The third-order valence-electron chi connectivity index (χ3n) is 6.24. The van der Waals surface area contributed by atoms with Gasteiger partial charge in [-0.15, -0.1) is 0 Å². The van der Waals surface area contributed by atoms with Crippen LogP contribution in [0.1, 0.15) is 64.9 Å². The molecule has 1 fully saturated rings. The Morgan fingerprint density at radius 2 is 1.52 bits per heavy atom. The fraction of sp³-hybridized carbons (Fsp3) is 0.522. The highest BCUT2D eigenvalue weighted by molar-refractivity contribution is 6.37. The van der Waals surface area contributed by atoms with Crippen molar-refractivity contribution in [3.05, 3.63) is 39.0 Å². The Morgan fingerprint density at radius 3 is 2.14 bits per heavy atom. The van der Waals surface area contributed by atoms with Gasteiger partial charge in [0.1, 0.15) is 5.78 Å². The molecule has 0 aromatic heterocycles. The maximum Gasteiger partial charge on any atom is 0.161 e. The minimum absolute atomic E-state index is 0.0296. The Hall–Kier alpha value is -1.65. The summed E-state index contributed by atoms with van der Waals surface area (Å²) >= 11 is 12.4. The van der Waals surface area contributed by atoms with Crippen LogP contribution < -0.4 is 0 Å². The van der Waals surface area contributed by atoms with E-state index in [1.54, 1.807) is 12.1 Å². The van der Waals surface area contributed by atoms with Crippen molar-refractivity contribution in [3.63, 3.8) is 0 Å². The fourth-order valence-corrected chi connectivity index (χ4v) is 5.64. The van der Waals surface area contributed by atoms with Crippen LogP contribution in [0.5, 0.6) is 5.75 Å². The minimum atomic E-state index is -0.483. The molecule has 0 spiro atoms. The van der Waals surface area contributed by atoms with Crippen molar-refractivity contribution in [2.75, 3.05) is 0 Å². The van der Waals surface area contributed by atoms with Gasteiger partial charge in [-0.2, -0.15) is 0 Å². The molecular formula is C23H25Cl2NO3. The number of hydrogen-bond acceptors (Lipinski definition) is 4. The van der Waals surface area contributed by atoms with Gasteiger partial charge < -0.3 is 5.11 Å². The van der Waals surface area contributed by atoms with Crippen LogP contribution in [0.25, 0.3) is 0 Å². The number of hydrogen-bond donors (Lipinski definition) is 1. The molecule has 0 saturated heterocycles. The molecule has 154 valence electrons. The van der Waals surface area contributed by atoms with Gasteiger partial charge in [-0.1, -0.05) is 50.9 Å². The van der Waals surface area contributed by atoms with Crippen molar-refractivity contribution in [2.24, 2.45) is 21.7 Å². The van der Waals surface area contributed by atoms with Crippen LogP contribution in [-0.4, -0.2) is 22.4 Å². The van der Waals surface area contributed by atoms with E-state index in [1.807, 2.05) is 0 Å². The highest BCUT2D eigenvalue weighted by Gasteiger charge is 2.49. The van der Waals surface area contributed by atoms with Crippen LogP contribution >= 0.6 is 23.2 Å². The summed E-state index contributed by atoms with van der Waals surface area (Å²) < 4.78 is 0. The van der Waals surface area contributed by atoms with Gasteiger partial charge in [-0.05, 0) is 41.4 Å². The molecule has 0 amide bonds. The number of rotatable bonds is 1. The number of phenolic OH excluding ortho intramolecular Hbond substituents is 1. The summed E-state index contributed by atoms with van der Waals surface area (Å²) in [6.07, 6.45) is 2.26. The van der Waals surface area contributed by atoms with Crippen molar-refractivity contribution in [3.8, 4) is 5.75 Å². The van der Waals surface area contributed by atoms with Gasteiger partial charge in [0.25, 0.3) is 0 Å². The van der Waals surface area contributed by atoms with E-state index in [9.17, 15) is 14.7 Å². The Bertz CT molecular complexity index is 980. The summed E-state index contributed by atoms with van der Waals surface area (Å²) in [6, 6.07) is 3.25. The lowest BCUT2D eigenvalue weighted by molar-refractivity contribution is -0.124. The molecule has 6 heteroatoms. The number of nitrogens with zero attached hydrogens (tertiary/aromatic N) is 1. The Labute approximate surface area is 181 Å². The summed E-state index contributed by atoms with van der Waals surface area (Å²) in [6.45, 7) is 8.29. The summed E-state index contributed by atoms with van der Waals surface area (Å²) in [5, 5.41) is 10.2. The number of phenols is 1. The summed E-state index contributed by atoms with van der Waals surface area (Å²) in [4.78, 5) is 31.4. The quantitative estimate of drug-likeness (QED) is 0.600. The maximum atomic E-state index is 13.2. The normalized spacial score (nSPS) is 28.0. The van der Waals surface area contributed by atoms with E-state index in [0.29, 0.717) is 36.8 Å². The first-order chi connectivity index (χ1) is 13.4. The van der Waals surface area contributed by atoms with Crippen LogP contribution in [0, 0.1) is 16.7 Å². The lowest BCUT2D eigenvalue weighted by Crippen LogP contribution is -2.45. The topological polar surface area (TPSA) is 66.7 Å². The zero-order valence-corrected chi connectivity index (χ0v) is 18.6. The number of carbonyl (C=O) groups excluding carboxylic acids is 2. The second kappa shape index (κ2) is 6.68. The third-order valence-corrected chi connectivity index (χ3v) is 6.81. The number of aliphatic imine (C=N–C) groups is 1. The first-order valence-corrected chi connectivity index (χ1v) is 10.7. The lowest BCUT2D eigenvalue weighted by atomic mass is 9.60. The predicted octanol–water partition coefficient (Wildman–Crippen LogP) is 5.89. The molecule has 1 aliphatic heterocycles. The monoisotopic (exact) mass is 433 g/mol. The zero-order chi connectivity index (χ0) is 21.3. The van der Waals surface area contributed by atoms with Gasteiger partial charge in [-0.25, -0.2) is 0 Å². The molecule has 3 aliphatic rings. The van der Waals surface area contributed by atoms with E-state index in [-0.39, 0.29) is 38.2 Å². The number of ketones is 2. The fourth-order valence-electron chi connectivity index (χ4n) is 5.14. The van der Waals surface area contributed by atoms with E-state index in [4.69, 9.17) is 28.2 Å². The number of halogens is 2. The van der Waals surface area contributed by atoms with Crippen LogP contribution in [0.3, 0.4) is 0 Å². The lowest BCUT2D eigenvalue weighted by Gasteiger charge is -2.44. The summed E-state index contributed by atoms with van der Waals surface area (Å²) in [5.41, 5.74) is 2.60. The summed E-state index contributed by atoms with van der Waals surface area (Å²) in [7, 11) is 0. The standard InChI is InChI=1S/C23H25Cl2NO3/c1-22(2)7-14-19(16(27)9-22)18(11-5-12(24)21(29)13(25)6-11)20-15(26-14)8-23(3,4)10-17(20)28/h5-6,18-19,29H,7-10H2,1-4H3/t18-,19-/m1/s1. The van der Waals surface area contributed by atoms with E-state index >= 15 is 0 Å². The number of Topliss-reactive ketones (excluding diaryl/α,β-unsaturated/α-hetero) is 2. The van der Waals surface area contributed by atoms with Crippen LogP contribution in [-0.2, 0) is 9.59 Å². The van der Waals surface area contributed by atoms with Gasteiger partial charge in [-0.3, -0.25) is 14.6 Å². The second-order valence-electron chi connectivity index (χ2n) is 10.2. The zero-order valence-electron chi connectivity index (χ0n) is 17.1. The Morgan fingerprint density at radius 1 is 0.931 bits per heavy atom. The average molecular weight is 434 g/mol. The van der Waals surface area contributed by atoms with Crippen molar-refractivity contribution >= 4 is 40.5 Å². The first-order valence-electron chi connectivity index (χ1n) is 9.93. The van der Waals surface area contributed by atoms with Gasteiger partial charge in [0.2, 0.25) is 0 Å². The molecule has 1 aromatic carbocycles. The molecule has 0 bridgehead atoms. The molecule has 4 rings (SSSR count). The largest absolute Gasteiger partial charge is 0.505 e. The first kappa shape index (κ1) is 20.6. The van der Waals surface area contributed by atoms with Crippen molar-refractivity contribution < 1.29 is 14.7 Å². The highest BCUT2D eigenvalue weighted by Crippen LogP contribution is 2.52. The molecule has 4 nitrogen and oxygen atoms in total. The van der Waals surface area contributed by atoms with Gasteiger partial charge in [0, 0.05) is 35.7 Å². The highest BCUT2D eigenvalue weighted by atomic mass is 35.5. The van der Waals surface area contributed by atoms with E-state index in [1.165, 1.54) is 0 Å². The van der Waals surface area contributed by atoms with Crippen LogP contribution in [0.4, 0.5) is 0 Å². The minimum Gasteiger partial charge on any atom is -0.505 e. The second-order valence-corrected chi connectivity index (χ2v) is 11.0. The third kappa shape index (κ3) is 3.55. The van der Waals surface area contributed by atoms with Crippen molar-refractivity contribution in [1.82, 2.24) is 0 Å². The van der Waals surface area contributed by atoms with Crippen LogP contribution in [0.15, 0.2) is 28.4 Å². The number of carbonyl (C=O) groups is 2. The smallest absolute Gasteiger partial charge is 0.161 e. The molecule has 0 radical (unpaired) electrons. The molecule has 2 atom stereocenters. The van der Waals surface area contributed by atoms with Gasteiger partial charge in [0.15, 0.2) is 11.5 Å². The number of aromatic hydroxyl groups is 1. The Balaban J connectivity index is 1.94.